The van der Waals surface area contributed by atoms with E-state index in [2.05, 4.69) is 15.2 Å². The highest BCUT2D eigenvalue weighted by atomic mass is 16.4. The minimum atomic E-state index is -0.766. The molecule has 3 amide bonds. The summed E-state index contributed by atoms with van der Waals surface area (Å²) in [5.41, 5.74) is 1.63. The fourth-order valence-electron chi connectivity index (χ4n) is 4.76. The Morgan fingerprint density at radius 2 is 1.65 bits per heavy atom. The van der Waals surface area contributed by atoms with Crippen molar-refractivity contribution in [2.75, 3.05) is 31.1 Å². The van der Waals surface area contributed by atoms with E-state index in [4.69, 9.17) is 5.11 Å². The van der Waals surface area contributed by atoms with Gasteiger partial charge in [-0.15, -0.1) is 0 Å². The van der Waals surface area contributed by atoms with Gasteiger partial charge < -0.3 is 14.9 Å². The van der Waals surface area contributed by atoms with E-state index in [9.17, 15) is 19.2 Å². The van der Waals surface area contributed by atoms with E-state index in [1.165, 1.54) is 0 Å². The van der Waals surface area contributed by atoms with E-state index in [0.29, 0.717) is 44.5 Å². The third-order valence-electron chi connectivity index (χ3n) is 6.73. The van der Waals surface area contributed by atoms with Gasteiger partial charge in [-0.1, -0.05) is 0 Å². The molecule has 0 spiro atoms. The smallest absolute Gasteiger partial charge is 0.306 e. The lowest BCUT2D eigenvalue weighted by Gasteiger charge is -2.37. The average molecular weight is 428 g/mol. The molecule has 0 radical (unpaired) electrons. The van der Waals surface area contributed by atoms with Crippen molar-refractivity contribution in [3.05, 3.63) is 24.0 Å². The Hall–Kier alpha value is -2.97. The van der Waals surface area contributed by atoms with Gasteiger partial charge in [0.25, 0.3) is 0 Å². The molecule has 2 N–H and O–H groups in total. The maximum atomic E-state index is 12.8. The Balaban J connectivity index is 1.29. The Labute approximate surface area is 180 Å². The van der Waals surface area contributed by atoms with Crippen LogP contribution >= 0.6 is 0 Å². The highest BCUT2D eigenvalue weighted by Gasteiger charge is 2.33. The zero-order chi connectivity index (χ0) is 22.0. The van der Waals surface area contributed by atoms with E-state index < -0.39 is 5.97 Å². The van der Waals surface area contributed by atoms with Crippen molar-refractivity contribution < 1.29 is 24.3 Å². The maximum absolute atomic E-state index is 12.8. The number of carbonyl (C=O) groups excluding carboxylic acids is 3. The predicted octanol–water partition coefficient (Wildman–Crippen LogP) is 1.14. The lowest BCUT2D eigenvalue weighted by Crippen LogP contribution is -2.46. The zero-order valence-electron chi connectivity index (χ0n) is 17.5. The summed E-state index contributed by atoms with van der Waals surface area (Å²) in [5.74, 6) is -1.88. The molecule has 9 heteroatoms. The second-order valence-electron chi connectivity index (χ2n) is 8.64. The fourth-order valence-corrected chi connectivity index (χ4v) is 4.76. The number of likely N-dealkylation sites (tertiary alicyclic amines) is 1. The fraction of sp³-hybridized carbons (Fsp3) is 0.591. The Kier molecular flexibility index (Phi) is 6.20. The van der Waals surface area contributed by atoms with E-state index in [1.807, 2.05) is 17.0 Å². The SMILES string of the molecule is O=C1CCC(c2ccc(N3CCC(C(=O)N4CCC(C(=O)O)CC4)CC3)cn2)C(=O)N1. The molecule has 1 atom stereocenters. The summed E-state index contributed by atoms with van der Waals surface area (Å²) in [4.78, 5) is 55.8. The third-order valence-corrected chi connectivity index (χ3v) is 6.73. The third kappa shape index (κ3) is 4.70. The van der Waals surface area contributed by atoms with Gasteiger partial charge in [-0.25, -0.2) is 0 Å². The van der Waals surface area contributed by atoms with Crippen molar-refractivity contribution in [3.8, 4) is 0 Å². The summed E-state index contributed by atoms with van der Waals surface area (Å²) < 4.78 is 0. The van der Waals surface area contributed by atoms with Gasteiger partial charge in [0.05, 0.1) is 29.4 Å². The van der Waals surface area contributed by atoms with Crippen LogP contribution in [0.1, 0.15) is 50.1 Å². The summed E-state index contributed by atoms with van der Waals surface area (Å²) in [5, 5.41) is 11.5. The molecular weight excluding hydrogens is 400 g/mol. The summed E-state index contributed by atoms with van der Waals surface area (Å²) >= 11 is 0. The van der Waals surface area contributed by atoms with Crippen molar-refractivity contribution in [2.45, 2.75) is 44.4 Å². The molecule has 0 saturated carbocycles. The van der Waals surface area contributed by atoms with E-state index in [0.717, 1.165) is 31.6 Å². The number of nitrogens with zero attached hydrogens (tertiary/aromatic N) is 3. The Morgan fingerprint density at radius 1 is 0.968 bits per heavy atom. The molecule has 0 aromatic carbocycles. The number of amides is 3. The van der Waals surface area contributed by atoms with Gasteiger partial charge in [-0.2, -0.15) is 0 Å². The van der Waals surface area contributed by atoms with Crippen molar-refractivity contribution in [2.24, 2.45) is 11.8 Å². The van der Waals surface area contributed by atoms with Crippen molar-refractivity contribution in [1.82, 2.24) is 15.2 Å². The number of imide groups is 1. The van der Waals surface area contributed by atoms with Crippen LogP contribution in [-0.4, -0.2) is 64.9 Å². The van der Waals surface area contributed by atoms with Gasteiger partial charge in [0.2, 0.25) is 17.7 Å². The second-order valence-corrected chi connectivity index (χ2v) is 8.64. The number of hydrogen-bond acceptors (Lipinski definition) is 6. The number of anilines is 1. The van der Waals surface area contributed by atoms with Crippen LogP contribution in [-0.2, 0) is 19.2 Å². The minimum absolute atomic E-state index is 0.0201. The summed E-state index contributed by atoms with van der Waals surface area (Å²) in [6.07, 6.45) is 5.15. The van der Waals surface area contributed by atoms with Crippen LogP contribution in [0.15, 0.2) is 18.3 Å². The van der Waals surface area contributed by atoms with Gasteiger partial charge in [0.1, 0.15) is 0 Å². The monoisotopic (exact) mass is 428 g/mol. The van der Waals surface area contributed by atoms with Crippen LogP contribution in [0.2, 0.25) is 0 Å². The Bertz CT molecular complexity index is 855. The van der Waals surface area contributed by atoms with E-state index >= 15 is 0 Å². The van der Waals surface area contributed by atoms with Crippen LogP contribution in [0.25, 0.3) is 0 Å². The lowest BCUT2D eigenvalue weighted by atomic mass is 9.92. The first-order chi connectivity index (χ1) is 14.9. The van der Waals surface area contributed by atoms with Gasteiger partial charge >= 0.3 is 5.97 Å². The molecule has 0 bridgehead atoms. The van der Waals surface area contributed by atoms with E-state index in [1.54, 1.807) is 6.20 Å². The van der Waals surface area contributed by atoms with E-state index in [-0.39, 0.29) is 35.5 Å². The minimum Gasteiger partial charge on any atom is -0.481 e. The van der Waals surface area contributed by atoms with Gasteiger partial charge in [-0.05, 0) is 44.2 Å². The molecule has 4 heterocycles. The standard InChI is InChI=1S/C22H28N4O5/c27-19-4-2-17(20(28)24-19)18-3-1-16(13-23-18)25-9-5-14(6-10-25)21(29)26-11-7-15(8-12-26)22(30)31/h1,3,13-15,17H,2,4-12H2,(H,30,31)(H,24,27,28). The molecule has 4 rings (SSSR count). The van der Waals surface area contributed by atoms with Gasteiger partial charge in [-0.3, -0.25) is 29.5 Å². The van der Waals surface area contributed by atoms with Crippen molar-refractivity contribution in [3.63, 3.8) is 0 Å². The van der Waals surface area contributed by atoms with Crippen LogP contribution in [0.5, 0.6) is 0 Å². The lowest BCUT2D eigenvalue weighted by molar-refractivity contribution is -0.147. The molecule has 3 aliphatic rings. The number of carbonyl (C=O) groups is 4. The van der Waals surface area contributed by atoms with Crippen LogP contribution in [0, 0.1) is 11.8 Å². The summed E-state index contributed by atoms with van der Waals surface area (Å²) in [7, 11) is 0. The van der Waals surface area contributed by atoms with Crippen LogP contribution in [0.4, 0.5) is 5.69 Å². The largest absolute Gasteiger partial charge is 0.481 e. The quantitative estimate of drug-likeness (QED) is 0.690. The number of carboxylic acids is 1. The molecule has 0 aliphatic carbocycles. The van der Waals surface area contributed by atoms with Crippen molar-refractivity contribution in [1.29, 1.82) is 0 Å². The molecule has 3 fully saturated rings. The first kappa shape index (κ1) is 21.3. The first-order valence-corrected chi connectivity index (χ1v) is 11.0. The number of pyridine rings is 1. The second kappa shape index (κ2) is 9.03. The van der Waals surface area contributed by atoms with Crippen LogP contribution < -0.4 is 10.2 Å². The zero-order valence-corrected chi connectivity index (χ0v) is 17.5. The molecule has 1 aromatic heterocycles. The van der Waals surface area contributed by atoms with Gasteiger partial charge in [0, 0.05) is 38.5 Å². The highest BCUT2D eigenvalue weighted by Crippen LogP contribution is 2.28. The van der Waals surface area contributed by atoms with Gasteiger partial charge in [0.15, 0.2) is 0 Å². The first-order valence-electron chi connectivity index (χ1n) is 11.0. The summed E-state index contributed by atoms with van der Waals surface area (Å²) in [6.45, 7) is 2.56. The van der Waals surface area contributed by atoms with Crippen molar-refractivity contribution >= 4 is 29.4 Å². The maximum Gasteiger partial charge on any atom is 0.306 e. The average Bonchev–Trinajstić information content (AvgIpc) is 2.79. The number of piperidine rings is 3. The molecule has 3 aliphatic heterocycles. The number of carboxylic acid groups (broad SMARTS) is 1. The number of aromatic nitrogens is 1. The number of hydrogen-bond donors (Lipinski definition) is 2. The number of rotatable bonds is 4. The summed E-state index contributed by atoms with van der Waals surface area (Å²) in [6, 6.07) is 3.80. The Morgan fingerprint density at radius 3 is 2.23 bits per heavy atom. The molecule has 3 saturated heterocycles. The molecule has 1 unspecified atom stereocenters. The molecule has 9 nitrogen and oxygen atoms in total. The highest BCUT2D eigenvalue weighted by molar-refractivity contribution is 6.00. The van der Waals surface area contributed by atoms with Crippen LogP contribution in [0.3, 0.4) is 0 Å². The number of aliphatic carboxylic acids is 1. The molecular formula is C22H28N4O5. The predicted molar refractivity (Wildman–Crippen MR) is 111 cm³/mol. The molecule has 1 aromatic rings. The topological polar surface area (TPSA) is 120 Å². The molecule has 31 heavy (non-hydrogen) atoms. The number of nitrogens with one attached hydrogen (secondary N) is 1. The molecule has 166 valence electrons. The normalized spacial score (nSPS) is 23.5.